The molecule has 3 heteroatoms. The maximum atomic E-state index is 5.84. The Morgan fingerprint density at radius 1 is 1.00 bits per heavy atom. The summed E-state index contributed by atoms with van der Waals surface area (Å²) in [5.41, 5.74) is 2.53. The van der Waals surface area contributed by atoms with E-state index in [1.54, 1.807) is 11.3 Å². The number of benzene rings is 2. The molecule has 108 valence electrons. The van der Waals surface area contributed by atoms with Crippen molar-refractivity contribution in [3.8, 4) is 5.75 Å². The molecule has 1 heterocycles. The zero-order chi connectivity index (χ0) is 14.9. The Morgan fingerprint density at radius 3 is 2.38 bits per heavy atom. The Hall–Kier alpha value is -1.87. The lowest BCUT2D eigenvalue weighted by molar-refractivity contribution is 0.305. The molecule has 0 radical (unpaired) electrons. The Kier molecular flexibility index (Phi) is 3.68. The Morgan fingerprint density at radius 2 is 1.71 bits per heavy atom. The first-order chi connectivity index (χ1) is 10.0. The summed E-state index contributed by atoms with van der Waals surface area (Å²) in [5, 5.41) is 1.01. The Bertz CT molecular complexity index is 705. The van der Waals surface area contributed by atoms with Crippen LogP contribution in [0.2, 0.25) is 0 Å². The number of rotatable bonds is 3. The van der Waals surface area contributed by atoms with Gasteiger partial charge >= 0.3 is 0 Å². The fourth-order valence-corrected chi connectivity index (χ4v) is 3.06. The second-order valence-electron chi connectivity index (χ2n) is 6.14. The van der Waals surface area contributed by atoms with E-state index in [1.807, 2.05) is 30.3 Å². The lowest BCUT2D eigenvalue weighted by atomic mass is 9.87. The standard InChI is InChI=1S/C18H19NOS/c1-18(2,3)13-8-10-14(11-9-13)20-12-17-19-15-6-4-5-7-16(15)21-17/h4-11H,12H2,1-3H3. The summed E-state index contributed by atoms with van der Waals surface area (Å²) in [6.45, 7) is 7.16. The monoisotopic (exact) mass is 297 g/mol. The molecule has 0 atom stereocenters. The van der Waals surface area contributed by atoms with E-state index >= 15 is 0 Å². The third-order valence-corrected chi connectivity index (χ3v) is 4.43. The smallest absolute Gasteiger partial charge is 0.140 e. The minimum atomic E-state index is 0.172. The van der Waals surface area contributed by atoms with Crippen molar-refractivity contribution in [1.82, 2.24) is 4.98 Å². The average molecular weight is 297 g/mol. The van der Waals surface area contributed by atoms with Gasteiger partial charge in [-0.05, 0) is 35.2 Å². The molecule has 0 bridgehead atoms. The van der Waals surface area contributed by atoms with Gasteiger partial charge in [-0.15, -0.1) is 11.3 Å². The molecule has 2 nitrogen and oxygen atoms in total. The molecule has 0 aliphatic carbocycles. The van der Waals surface area contributed by atoms with Gasteiger partial charge in [-0.3, -0.25) is 0 Å². The number of thiazole rings is 1. The number of ether oxygens (including phenoxy) is 1. The van der Waals surface area contributed by atoms with Crippen molar-refractivity contribution in [3.63, 3.8) is 0 Å². The van der Waals surface area contributed by atoms with E-state index in [9.17, 15) is 0 Å². The van der Waals surface area contributed by atoms with Gasteiger partial charge in [0.2, 0.25) is 0 Å². The van der Waals surface area contributed by atoms with Gasteiger partial charge in [0.1, 0.15) is 17.4 Å². The van der Waals surface area contributed by atoms with E-state index in [2.05, 4.69) is 44.0 Å². The van der Waals surface area contributed by atoms with E-state index < -0.39 is 0 Å². The SMILES string of the molecule is CC(C)(C)c1ccc(OCc2nc3ccccc3s2)cc1. The summed E-state index contributed by atoms with van der Waals surface area (Å²) < 4.78 is 7.04. The lowest BCUT2D eigenvalue weighted by Gasteiger charge is -2.19. The quantitative estimate of drug-likeness (QED) is 0.665. The summed E-state index contributed by atoms with van der Waals surface area (Å²) in [6, 6.07) is 16.5. The van der Waals surface area contributed by atoms with Gasteiger partial charge in [-0.1, -0.05) is 45.0 Å². The van der Waals surface area contributed by atoms with Crippen molar-refractivity contribution in [2.75, 3.05) is 0 Å². The second kappa shape index (κ2) is 5.49. The summed E-state index contributed by atoms with van der Waals surface area (Å²) in [4.78, 5) is 4.58. The highest BCUT2D eigenvalue weighted by Gasteiger charge is 2.13. The van der Waals surface area contributed by atoms with Gasteiger partial charge in [0.15, 0.2) is 0 Å². The number of para-hydroxylation sites is 1. The first kappa shape index (κ1) is 14.1. The van der Waals surface area contributed by atoms with E-state index in [4.69, 9.17) is 4.74 Å². The molecule has 0 fully saturated rings. The molecular weight excluding hydrogens is 278 g/mol. The third kappa shape index (κ3) is 3.24. The first-order valence-electron chi connectivity index (χ1n) is 7.10. The van der Waals surface area contributed by atoms with Gasteiger partial charge in [-0.2, -0.15) is 0 Å². The molecule has 1 aromatic heterocycles. The summed E-state index contributed by atoms with van der Waals surface area (Å²) in [5.74, 6) is 0.891. The zero-order valence-corrected chi connectivity index (χ0v) is 13.4. The van der Waals surface area contributed by atoms with Crippen LogP contribution >= 0.6 is 11.3 Å². The van der Waals surface area contributed by atoms with Crippen LogP contribution in [0, 0.1) is 0 Å². The maximum absolute atomic E-state index is 5.84. The van der Waals surface area contributed by atoms with Gasteiger partial charge < -0.3 is 4.74 Å². The fourth-order valence-electron chi connectivity index (χ4n) is 2.18. The normalized spacial score (nSPS) is 11.8. The van der Waals surface area contributed by atoms with Crippen molar-refractivity contribution in [2.24, 2.45) is 0 Å². The van der Waals surface area contributed by atoms with E-state index in [0.29, 0.717) is 6.61 Å². The van der Waals surface area contributed by atoms with Crippen molar-refractivity contribution >= 4 is 21.6 Å². The minimum absolute atomic E-state index is 0.172. The van der Waals surface area contributed by atoms with Crippen molar-refractivity contribution < 1.29 is 4.74 Å². The van der Waals surface area contributed by atoms with Crippen LogP contribution in [0.1, 0.15) is 31.3 Å². The summed E-state index contributed by atoms with van der Waals surface area (Å²) in [6.07, 6.45) is 0. The molecule has 0 saturated heterocycles. The Balaban J connectivity index is 1.69. The molecule has 0 N–H and O–H groups in total. The molecule has 0 unspecified atom stereocenters. The average Bonchev–Trinajstić information content (AvgIpc) is 2.87. The van der Waals surface area contributed by atoms with Gasteiger partial charge in [0.05, 0.1) is 10.2 Å². The second-order valence-corrected chi connectivity index (χ2v) is 7.25. The van der Waals surface area contributed by atoms with E-state index in [1.165, 1.54) is 10.3 Å². The van der Waals surface area contributed by atoms with E-state index in [0.717, 1.165) is 16.3 Å². The van der Waals surface area contributed by atoms with Crippen LogP contribution in [0.25, 0.3) is 10.2 Å². The largest absolute Gasteiger partial charge is 0.486 e. The summed E-state index contributed by atoms with van der Waals surface area (Å²) >= 11 is 1.69. The molecule has 0 aliphatic heterocycles. The zero-order valence-electron chi connectivity index (χ0n) is 12.6. The van der Waals surface area contributed by atoms with Crippen LogP contribution in [-0.4, -0.2) is 4.98 Å². The van der Waals surface area contributed by atoms with Crippen LogP contribution in [-0.2, 0) is 12.0 Å². The predicted octanol–water partition coefficient (Wildman–Crippen LogP) is 5.17. The predicted molar refractivity (Wildman–Crippen MR) is 89.1 cm³/mol. The molecule has 21 heavy (non-hydrogen) atoms. The first-order valence-corrected chi connectivity index (χ1v) is 7.92. The van der Waals surface area contributed by atoms with Crippen molar-refractivity contribution in [1.29, 1.82) is 0 Å². The molecule has 0 saturated carbocycles. The van der Waals surface area contributed by atoms with Gasteiger partial charge in [0, 0.05) is 0 Å². The van der Waals surface area contributed by atoms with Gasteiger partial charge in [0.25, 0.3) is 0 Å². The number of hydrogen-bond donors (Lipinski definition) is 0. The van der Waals surface area contributed by atoms with Crippen LogP contribution in [0.4, 0.5) is 0 Å². The topological polar surface area (TPSA) is 22.1 Å². The van der Waals surface area contributed by atoms with Crippen LogP contribution in [0.5, 0.6) is 5.75 Å². The molecular formula is C18H19NOS. The molecule has 0 spiro atoms. The third-order valence-electron chi connectivity index (χ3n) is 3.42. The Labute approximate surface area is 129 Å². The van der Waals surface area contributed by atoms with Crippen molar-refractivity contribution in [3.05, 3.63) is 59.1 Å². The minimum Gasteiger partial charge on any atom is -0.486 e. The summed E-state index contributed by atoms with van der Waals surface area (Å²) in [7, 11) is 0. The van der Waals surface area contributed by atoms with Gasteiger partial charge in [-0.25, -0.2) is 4.98 Å². The van der Waals surface area contributed by atoms with Crippen LogP contribution in [0.3, 0.4) is 0 Å². The maximum Gasteiger partial charge on any atom is 0.140 e. The highest BCUT2D eigenvalue weighted by atomic mass is 32.1. The molecule has 0 amide bonds. The molecule has 3 rings (SSSR count). The van der Waals surface area contributed by atoms with Crippen LogP contribution in [0.15, 0.2) is 48.5 Å². The van der Waals surface area contributed by atoms with Crippen LogP contribution < -0.4 is 4.74 Å². The number of aromatic nitrogens is 1. The van der Waals surface area contributed by atoms with Crippen molar-refractivity contribution in [2.45, 2.75) is 32.8 Å². The molecule has 2 aromatic carbocycles. The highest BCUT2D eigenvalue weighted by molar-refractivity contribution is 7.18. The highest BCUT2D eigenvalue weighted by Crippen LogP contribution is 2.26. The number of fused-ring (bicyclic) bond motifs is 1. The number of hydrogen-bond acceptors (Lipinski definition) is 3. The van der Waals surface area contributed by atoms with E-state index in [-0.39, 0.29) is 5.41 Å². The number of nitrogens with zero attached hydrogens (tertiary/aromatic N) is 1. The fraction of sp³-hybridized carbons (Fsp3) is 0.278. The molecule has 0 aliphatic rings. The molecule has 3 aromatic rings. The lowest BCUT2D eigenvalue weighted by Crippen LogP contribution is -2.10.